The lowest BCUT2D eigenvalue weighted by Gasteiger charge is -2.15. The molecular formula is C15H14F3NO2. The zero-order valence-corrected chi connectivity index (χ0v) is 11.0. The number of pyridine rings is 1. The number of nitrogens with zero attached hydrogens (tertiary/aromatic N) is 1. The predicted octanol–water partition coefficient (Wildman–Crippen LogP) is 3.26. The average Bonchev–Trinajstić information content (AvgIpc) is 2.48. The van der Waals surface area contributed by atoms with Crippen LogP contribution in [-0.4, -0.2) is 23.3 Å². The van der Waals surface area contributed by atoms with E-state index in [9.17, 15) is 18.3 Å². The van der Waals surface area contributed by atoms with Gasteiger partial charge in [0.05, 0.1) is 24.7 Å². The van der Waals surface area contributed by atoms with Gasteiger partial charge in [0.25, 0.3) is 0 Å². The van der Waals surface area contributed by atoms with Gasteiger partial charge in [-0.05, 0) is 30.3 Å². The molecule has 0 spiro atoms. The van der Waals surface area contributed by atoms with E-state index < -0.39 is 11.7 Å². The zero-order chi connectivity index (χ0) is 15.3. The molecule has 2 aromatic rings. The highest BCUT2D eigenvalue weighted by Crippen LogP contribution is 2.31. The lowest BCUT2D eigenvalue weighted by atomic mass is 10.1. The van der Waals surface area contributed by atoms with Crippen LogP contribution >= 0.6 is 0 Å². The second kappa shape index (κ2) is 6.58. The number of hydrogen-bond donors (Lipinski definition) is 1. The van der Waals surface area contributed by atoms with Gasteiger partial charge in [-0.3, -0.25) is 4.98 Å². The number of aromatic nitrogens is 1. The number of alkyl halides is 3. The van der Waals surface area contributed by atoms with Crippen molar-refractivity contribution in [2.75, 3.05) is 13.2 Å². The van der Waals surface area contributed by atoms with Crippen molar-refractivity contribution in [1.29, 1.82) is 0 Å². The van der Waals surface area contributed by atoms with E-state index >= 15 is 0 Å². The molecule has 0 saturated heterocycles. The summed E-state index contributed by atoms with van der Waals surface area (Å²) in [5, 5.41) is 9.34. The van der Waals surface area contributed by atoms with Crippen molar-refractivity contribution in [2.45, 2.75) is 12.1 Å². The molecule has 0 radical (unpaired) electrons. The second-order valence-corrected chi connectivity index (χ2v) is 4.47. The molecule has 0 saturated carbocycles. The Balaban J connectivity index is 2.05. The van der Waals surface area contributed by atoms with Gasteiger partial charge < -0.3 is 9.84 Å². The minimum Gasteiger partial charge on any atom is -0.493 e. The summed E-state index contributed by atoms with van der Waals surface area (Å²) in [7, 11) is 0. The number of hydrogen-bond acceptors (Lipinski definition) is 3. The lowest BCUT2D eigenvalue weighted by molar-refractivity contribution is -0.137. The zero-order valence-electron chi connectivity index (χ0n) is 11.0. The smallest absolute Gasteiger partial charge is 0.416 e. The molecule has 2 rings (SSSR count). The Morgan fingerprint density at radius 2 is 1.95 bits per heavy atom. The summed E-state index contributed by atoms with van der Waals surface area (Å²) in [4.78, 5) is 4.10. The van der Waals surface area contributed by atoms with Crippen LogP contribution in [-0.2, 0) is 6.18 Å². The maximum absolute atomic E-state index is 12.6. The summed E-state index contributed by atoms with van der Waals surface area (Å²) in [6.07, 6.45) is -2.82. The van der Waals surface area contributed by atoms with E-state index in [1.54, 1.807) is 24.4 Å². The Morgan fingerprint density at radius 1 is 1.14 bits per heavy atom. The van der Waals surface area contributed by atoms with Crippen LogP contribution in [0.25, 0.3) is 0 Å². The molecule has 0 fully saturated rings. The topological polar surface area (TPSA) is 42.4 Å². The van der Waals surface area contributed by atoms with Crippen molar-refractivity contribution in [3.8, 4) is 5.75 Å². The minimum atomic E-state index is -4.41. The first-order valence-electron chi connectivity index (χ1n) is 6.32. The van der Waals surface area contributed by atoms with Gasteiger partial charge in [-0.15, -0.1) is 0 Å². The highest BCUT2D eigenvalue weighted by molar-refractivity contribution is 5.30. The molecule has 6 heteroatoms. The Kier molecular flexibility index (Phi) is 4.80. The molecule has 1 unspecified atom stereocenters. The number of rotatable bonds is 5. The quantitative estimate of drug-likeness (QED) is 0.921. The predicted molar refractivity (Wildman–Crippen MR) is 71.0 cm³/mol. The number of aliphatic hydroxyl groups is 1. The van der Waals surface area contributed by atoms with Crippen LogP contribution in [0.3, 0.4) is 0 Å². The standard InChI is InChI=1S/C15H14F3NO2/c16-15(17,18)12-4-3-5-13(8-12)21-10-11(9-20)14-6-1-2-7-19-14/h1-8,11,20H,9-10H2. The van der Waals surface area contributed by atoms with Gasteiger partial charge in [0, 0.05) is 11.9 Å². The molecule has 1 atom stereocenters. The third-order valence-corrected chi connectivity index (χ3v) is 2.94. The molecular weight excluding hydrogens is 283 g/mol. The molecule has 21 heavy (non-hydrogen) atoms. The molecule has 0 amide bonds. The molecule has 1 aromatic heterocycles. The molecule has 1 N–H and O–H groups in total. The van der Waals surface area contributed by atoms with Crippen LogP contribution in [0.5, 0.6) is 5.75 Å². The van der Waals surface area contributed by atoms with E-state index in [-0.39, 0.29) is 24.9 Å². The third kappa shape index (κ3) is 4.19. The van der Waals surface area contributed by atoms with Crippen molar-refractivity contribution >= 4 is 0 Å². The number of aliphatic hydroxyl groups excluding tert-OH is 1. The van der Waals surface area contributed by atoms with Crippen molar-refractivity contribution in [3.63, 3.8) is 0 Å². The fourth-order valence-electron chi connectivity index (χ4n) is 1.81. The maximum Gasteiger partial charge on any atom is 0.416 e. The fourth-order valence-corrected chi connectivity index (χ4v) is 1.81. The van der Waals surface area contributed by atoms with E-state index in [1.807, 2.05) is 0 Å². The van der Waals surface area contributed by atoms with E-state index in [1.165, 1.54) is 12.1 Å². The Hall–Kier alpha value is -2.08. The molecule has 1 aromatic carbocycles. The van der Waals surface area contributed by atoms with Gasteiger partial charge in [0.15, 0.2) is 0 Å². The fraction of sp³-hybridized carbons (Fsp3) is 0.267. The minimum absolute atomic E-state index is 0.0504. The maximum atomic E-state index is 12.6. The van der Waals surface area contributed by atoms with E-state index in [2.05, 4.69) is 4.98 Å². The summed E-state index contributed by atoms with van der Waals surface area (Å²) in [5.41, 5.74) is -0.134. The van der Waals surface area contributed by atoms with Gasteiger partial charge in [0.1, 0.15) is 5.75 Å². The first kappa shape index (κ1) is 15.3. The van der Waals surface area contributed by atoms with E-state index in [0.717, 1.165) is 12.1 Å². The summed E-state index contributed by atoms with van der Waals surface area (Å²) >= 11 is 0. The van der Waals surface area contributed by atoms with Crippen LogP contribution in [0.2, 0.25) is 0 Å². The van der Waals surface area contributed by atoms with Crippen molar-refractivity contribution in [2.24, 2.45) is 0 Å². The second-order valence-electron chi connectivity index (χ2n) is 4.47. The van der Waals surface area contributed by atoms with Crippen LogP contribution in [0.1, 0.15) is 17.2 Å². The van der Waals surface area contributed by atoms with Crippen LogP contribution in [0.4, 0.5) is 13.2 Å². The van der Waals surface area contributed by atoms with Gasteiger partial charge in [-0.25, -0.2) is 0 Å². The monoisotopic (exact) mass is 297 g/mol. The average molecular weight is 297 g/mol. The largest absolute Gasteiger partial charge is 0.493 e. The van der Waals surface area contributed by atoms with Crippen LogP contribution in [0.15, 0.2) is 48.7 Å². The Morgan fingerprint density at radius 3 is 2.57 bits per heavy atom. The number of halogens is 3. The highest BCUT2D eigenvalue weighted by atomic mass is 19.4. The van der Waals surface area contributed by atoms with E-state index in [0.29, 0.717) is 5.69 Å². The van der Waals surface area contributed by atoms with Crippen LogP contribution in [0, 0.1) is 0 Å². The molecule has 0 aliphatic carbocycles. The summed E-state index contributed by atoms with van der Waals surface area (Å²) < 4.78 is 43.1. The first-order chi connectivity index (χ1) is 10.0. The van der Waals surface area contributed by atoms with Crippen molar-refractivity contribution in [1.82, 2.24) is 4.98 Å². The molecule has 0 aliphatic heterocycles. The van der Waals surface area contributed by atoms with Crippen molar-refractivity contribution in [3.05, 3.63) is 59.9 Å². The Labute approximate surface area is 120 Å². The molecule has 0 aliphatic rings. The van der Waals surface area contributed by atoms with E-state index in [4.69, 9.17) is 4.74 Å². The molecule has 3 nitrogen and oxygen atoms in total. The van der Waals surface area contributed by atoms with Gasteiger partial charge >= 0.3 is 6.18 Å². The number of benzene rings is 1. The first-order valence-corrected chi connectivity index (χ1v) is 6.32. The van der Waals surface area contributed by atoms with Crippen molar-refractivity contribution < 1.29 is 23.0 Å². The summed E-state index contributed by atoms with van der Waals surface area (Å²) in [6.45, 7) is -0.148. The van der Waals surface area contributed by atoms with Gasteiger partial charge in [-0.2, -0.15) is 13.2 Å². The summed E-state index contributed by atoms with van der Waals surface area (Å²) in [5.74, 6) is -0.278. The lowest BCUT2D eigenvalue weighted by Crippen LogP contribution is -2.15. The molecule has 1 heterocycles. The third-order valence-electron chi connectivity index (χ3n) is 2.94. The summed E-state index contributed by atoms with van der Waals surface area (Å²) in [6, 6.07) is 9.90. The van der Waals surface area contributed by atoms with Crippen LogP contribution < -0.4 is 4.74 Å². The normalized spacial score (nSPS) is 13.0. The van der Waals surface area contributed by atoms with Gasteiger partial charge in [0.2, 0.25) is 0 Å². The van der Waals surface area contributed by atoms with Gasteiger partial charge in [-0.1, -0.05) is 12.1 Å². The number of ether oxygens (including phenoxy) is 1. The Bertz CT molecular complexity index is 573. The molecule has 0 bridgehead atoms. The highest BCUT2D eigenvalue weighted by Gasteiger charge is 2.30. The SMILES string of the molecule is OCC(COc1cccc(C(F)(F)F)c1)c1ccccn1. The molecule has 112 valence electrons.